The fourth-order valence-corrected chi connectivity index (χ4v) is 3.12. The monoisotopic (exact) mass is 309 g/mol. The first kappa shape index (κ1) is 14.7. The molecule has 1 aromatic carbocycles. The molecule has 5 heteroatoms. The molecular weight excluding hydrogens is 290 g/mol. The van der Waals surface area contributed by atoms with Crippen molar-refractivity contribution >= 4 is 17.5 Å². The van der Waals surface area contributed by atoms with E-state index in [-0.39, 0.29) is 18.6 Å². The van der Waals surface area contributed by atoms with Crippen LogP contribution < -0.4 is 4.74 Å². The lowest BCUT2D eigenvalue weighted by atomic mass is 9.96. The average Bonchev–Trinajstić information content (AvgIpc) is 2.91. The predicted octanol–water partition coefficient (Wildman–Crippen LogP) is 2.87. The Morgan fingerprint density at radius 2 is 2.14 bits per heavy atom. The van der Waals surface area contributed by atoms with Gasteiger partial charge in [0.2, 0.25) is 0 Å². The van der Waals surface area contributed by atoms with E-state index >= 15 is 0 Å². The maximum atomic E-state index is 12.5. The highest BCUT2D eigenvalue weighted by molar-refractivity contribution is 6.34. The van der Waals surface area contributed by atoms with Gasteiger partial charge in [0.1, 0.15) is 5.75 Å². The topological polar surface area (TPSA) is 49.8 Å². The van der Waals surface area contributed by atoms with Crippen LogP contribution in [0, 0.1) is 0 Å². The summed E-state index contributed by atoms with van der Waals surface area (Å²) in [6.07, 6.45) is 5.46. The number of ether oxygens (including phenoxy) is 1. The van der Waals surface area contributed by atoms with Crippen molar-refractivity contribution in [3.63, 3.8) is 0 Å². The third-order valence-corrected chi connectivity index (χ3v) is 4.69. The van der Waals surface area contributed by atoms with E-state index in [1.807, 2.05) is 6.07 Å². The maximum absolute atomic E-state index is 12.5. The largest absolute Gasteiger partial charge is 0.490 e. The molecule has 114 valence electrons. The minimum Gasteiger partial charge on any atom is -0.490 e. The van der Waals surface area contributed by atoms with Crippen LogP contribution in [0.5, 0.6) is 5.75 Å². The van der Waals surface area contributed by atoms with Crippen molar-refractivity contribution in [2.75, 3.05) is 13.2 Å². The number of nitrogens with zero attached hydrogens (tertiary/aromatic N) is 1. The lowest BCUT2D eigenvalue weighted by Crippen LogP contribution is -2.37. The summed E-state index contributed by atoms with van der Waals surface area (Å²) < 4.78 is 5.78. The van der Waals surface area contributed by atoms with Gasteiger partial charge in [-0.1, -0.05) is 11.6 Å². The summed E-state index contributed by atoms with van der Waals surface area (Å²) >= 11 is 6.25. The SMILES string of the molecule is O=C(c1ccc(OC2CCC2)cc1Cl)N1CCC[C@@H]1CO. The van der Waals surface area contributed by atoms with Crippen molar-refractivity contribution in [1.29, 1.82) is 0 Å². The Labute approximate surface area is 129 Å². The quantitative estimate of drug-likeness (QED) is 0.930. The molecule has 1 saturated carbocycles. The Hall–Kier alpha value is -1.26. The van der Waals surface area contributed by atoms with E-state index in [4.69, 9.17) is 16.3 Å². The van der Waals surface area contributed by atoms with Crippen LogP contribution >= 0.6 is 11.6 Å². The van der Waals surface area contributed by atoms with Crippen molar-refractivity contribution in [2.24, 2.45) is 0 Å². The zero-order valence-electron chi connectivity index (χ0n) is 11.9. The van der Waals surface area contributed by atoms with Crippen molar-refractivity contribution in [3.8, 4) is 5.75 Å². The minimum absolute atomic E-state index is 0.00618. The van der Waals surface area contributed by atoms with E-state index < -0.39 is 0 Å². The summed E-state index contributed by atoms with van der Waals surface area (Å²) in [5.41, 5.74) is 0.484. The summed E-state index contributed by atoms with van der Waals surface area (Å²) in [5, 5.41) is 9.75. The summed E-state index contributed by atoms with van der Waals surface area (Å²) in [5.74, 6) is 0.619. The second-order valence-electron chi connectivity index (χ2n) is 5.79. The first-order valence-corrected chi connectivity index (χ1v) is 7.95. The first-order chi connectivity index (χ1) is 10.2. The highest BCUT2D eigenvalue weighted by atomic mass is 35.5. The second kappa shape index (κ2) is 6.24. The van der Waals surface area contributed by atoms with Crippen LogP contribution in [-0.2, 0) is 0 Å². The zero-order chi connectivity index (χ0) is 14.8. The van der Waals surface area contributed by atoms with Gasteiger partial charge in [0.15, 0.2) is 0 Å². The van der Waals surface area contributed by atoms with Crippen molar-refractivity contribution in [1.82, 2.24) is 4.90 Å². The standard InChI is InChI=1S/C16H20ClNO3/c17-15-9-13(21-12-4-1-5-12)6-7-14(15)16(20)18-8-2-3-11(18)10-19/h6-7,9,11-12,19H,1-5,8,10H2/t11-/m1/s1. The van der Waals surface area contributed by atoms with E-state index in [1.165, 1.54) is 6.42 Å². The van der Waals surface area contributed by atoms with Gasteiger partial charge >= 0.3 is 0 Å². The molecule has 0 spiro atoms. The van der Waals surface area contributed by atoms with Crippen LogP contribution in [-0.4, -0.2) is 41.2 Å². The molecule has 0 aromatic heterocycles. The maximum Gasteiger partial charge on any atom is 0.255 e. The molecule has 21 heavy (non-hydrogen) atoms. The number of aliphatic hydroxyl groups excluding tert-OH is 1. The van der Waals surface area contributed by atoms with Gasteiger partial charge in [-0.3, -0.25) is 4.79 Å². The van der Waals surface area contributed by atoms with Gasteiger partial charge < -0.3 is 14.7 Å². The molecule has 1 atom stereocenters. The number of carbonyl (C=O) groups is 1. The van der Waals surface area contributed by atoms with Gasteiger partial charge in [0.25, 0.3) is 5.91 Å². The Kier molecular flexibility index (Phi) is 4.36. The number of halogens is 1. The van der Waals surface area contributed by atoms with Crippen molar-refractivity contribution in [3.05, 3.63) is 28.8 Å². The van der Waals surface area contributed by atoms with Crippen LogP contribution in [0.25, 0.3) is 0 Å². The smallest absolute Gasteiger partial charge is 0.255 e. The summed E-state index contributed by atoms with van der Waals surface area (Å²) in [4.78, 5) is 14.2. The third kappa shape index (κ3) is 3.01. The lowest BCUT2D eigenvalue weighted by Gasteiger charge is -2.27. The van der Waals surface area contributed by atoms with E-state index in [0.717, 1.165) is 31.4 Å². The molecule has 1 amide bonds. The van der Waals surface area contributed by atoms with Crippen LogP contribution in [0.3, 0.4) is 0 Å². The van der Waals surface area contributed by atoms with Crippen LogP contribution in [0.2, 0.25) is 5.02 Å². The second-order valence-corrected chi connectivity index (χ2v) is 6.20. The van der Waals surface area contributed by atoms with Gasteiger partial charge in [-0.15, -0.1) is 0 Å². The van der Waals surface area contributed by atoms with Gasteiger partial charge in [0, 0.05) is 6.54 Å². The average molecular weight is 310 g/mol. The molecule has 3 rings (SSSR count). The van der Waals surface area contributed by atoms with E-state index in [2.05, 4.69) is 0 Å². The Balaban J connectivity index is 1.73. The first-order valence-electron chi connectivity index (χ1n) is 7.57. The number of likely N-dealkylation sites (tertiary alicyclic amines) is 1. The zero-order valence-corrected chi connectivity index (χ0v) is 12.7. The highest BCUT2D eigenvalue weighted by Gasteiger charge is 2.30. The Morgan fingerprint density at radius 3 is 2.76 bits per heavy atom. The predicted molar refractivity (Wildman–Crippen MR) is 80.9 cm³/mol. The molecule has 2 fully saturated rings. The number of aliphatic hydroxyl groups is 1. The number of hydrogen-bond donors (Lipinski definition) is 1. The summed E-state index contributed by atoms with van der Waals surface area (Å²) in [7, 11) is 0. The fraction of sp³-hybridized carbons (Fsp3) is 0.562. The molecule has 2 aliphatic rings. The number of amides is 1. The molecule has 0 radical (unpaired) electrons. The lowest BCUT2D eigenvalue weighted by molar-refractivity contribution is 0.0677. The van der Waals surface area contributed by atoms with E-state index in [1.54, 1.807) is 17.0 Å². The molecular formula is C16H20ClNO3. The normalized spacial score (nSPS) is 22.2. The van der Waals surface area contributed by atoms with Crippen molar-refractivity contribution < 1.29 is 14.6 Å². The Morgan fingerprint density at radius 1 is 1.33 bits per heavy atom. The van der Waals surface area contributed by atoms with E-state index in [0.29, 0.717) is 23.2 Å². The van der Waals surface area contributed by atoms with Crippen LogP contribution in [0.4, 0.5) is 0 Å². The summed E-state index contributed by atoms with van der Waals surface area (Å²) in [6, 6.07) is 5.17. The van der Waals surface area contributed by atoms with Crippen LogP contribution in [0.15, 0.2) is 18.2 Å². The summed E-state index contributed by atoms with van der Waals surface area (Å²) in [6.45, 7) is 0.687. The van der Waals surface area contributed by atoms with Crippen molar-refractivity contribution in [2.45, 2.75) is 44.2 Å². The molecule has 4 nitrogen and oxygen atoms in total. The molecule has 1 aliphatic carbocycles. The number of hydrogen-bond acceptors (Lipinski definition) is 3. The van der Waals surface area contributed by atoms with Crippen LogP contribution in [0.1, 0.15) is 42.5 Å². The minimum atomic E-state index is -0.105. The number of carbonyl (C=O) groups excluding carboxylic acids is 1. The molecule has 1 N–H and O–H groups in total. The highest BCUT2D eigenvalue weighted by Crippen LogP contribution is 2.30. The van der Waals surface area contributed by atoms with E-state index in [9.17, 15) is 9.90 Å². The van der Waals surface area contributed by atoms with Gasteiger partial charge in [0.05, 0.1) is 29.3 Å². The van der Waals surface area contributed by atoms with Gasteiger partial charge in [-0.25, -0.2) is 0 Å². The Bertz CT molecular complexity index is 530. The number of benzene rings is 1. The molecule has 1 saturated heterocycles. The number of rotatable bonds is 4. The molecule has 1 heterocycles. The molecule has 1 aliphatic heterocycles. The molecule has 1 aromatic rings. The van der Waals surface area contributed by atoms with Gasteiger partial charge in [-0.2, -0.15) is 0 Å². The molecule has 0 bridgehead atoms. The molecule has 0 unspecified atom stereocenters. The third-order valence-electron chi connectivity index (χ3n) is 4.37. The van der Waals surface area contributed by atoms with Gasteiger partial charge in [-0.05, 0) is 50.3 Å². The fourth-order valence-electron chi connectivity index (χ4n) is 2.87.